The minimum absolute atomic E-state index is 0.0678. The molecule has 2 aromatic carbocycles. The lowest BCUT2D eigenvalue weighted by atomic mass is 10.00. The van der Waals surface area contributed by atoms with Crippen molar-refractivity contribution in [3.8, 4) is 5.75 Å². The predicted octanol–water partition coefficient (Wildman–Crippen LogP) is 5.24. The quantitative estimate of drug-likeness (QED) is 0.778. The molecule has 0 radical (unpaired) electrons. The molecule has 0 aromatic heterocycles. The molecular weight excluding hydrogens is 293 g/mol. The number of benzene rings is 2. The third-order valence-electron chi connectivity index (χ3n) is 3.50. The molecule has 20 heavy (non-hydrogen) atoms. The average molecular weight is 308 g/mol. The van der Waals surface area contributed by atoms with Crippen molar-refractivity contribution in [1.29, 1.82) is 0 Å². The van der Waals surface area contributed by atoms with Crippen LogP contribution < -0.4 is 10.1 Å². The number of aryl methyl sites for hydroxylation is 1. The second-order valence-corrected chi connectivity index (χ2v) is 5.99. The smallest absolute Gasteiger partial charge is 0.162 e. The summed E-state index contributed by atoms with van der Waals surface area (Å²) in [6.07, 6.45) is -0.0678. The monoisotopic (exact) mass is 307 g/mol. The Morgan fingerprint density at radius 1 is 1.10 bits per heavy atom. The highest BCUT2D eigenvalue weighted by Gasteiger charge is 2.29. The van der Waals surface area contributed by atoms with Crippen LogP contribution in [-0.4, -0.2) is 6.04 Å². The Hall–Kier alpha value is -1.38. The standard InChI is InChI=1S/C16H15Cl2NO/c1-9-3-5-11(6-4-9)15-10(2)19-14-8-12(17)7-13(18)16(14)20-15/h3-8,10,15,19H,1-2H3. The first kappa shape index (κ1) is 13.6. The summed E-state index contributed by atoms with van der Waals surface area (Å²) in [5.74, 6) is 0.666. The summed E-state index contributed by atoms with van der Waals surface area (Å²) in [5.41, 5.74) is 3.21. The third-order valence-corrected chi connectivity index (χ3v) is 4.00. The first-order valence-corrected chi connectivity index (χ1v) is 7.29. The molecule has 2 aromatic rings. The lowest BCUT2D eigenvalue weighted by Crippen LogP contribution is -2.32. The fourth-order valence-electron chi connectivity index (χ4n) is 2.45. The summed E-state index contributed by atoms with van der Waals surface area (Å²) in [6.45, 7) is 4.16. The van der Waals surface area contributed by atoms with E-state index in [0.717, 1.165) is 11.3 Å². The predicted molar refractivity (Wildman–Crippen MR) is 84.1 cm³/mol. The lowest BCUT2D eigenvalue weighted by Gasteiger charge is -2.34. The highest BCUT2D eigenvalue weighted by molar-refractivity contribution is 6.36. The third kappa shape index (κ3) is 2.46. The Bertz CT molecular complexity index is 640. The van der Waals surface area contributed by atoms with Crippen LogP contribution in [0.2, 0.25) is 10.0 Å². The number of fused-ring (bicyclic) bond motifs is 1. The molecule has 2 atom stereocenters. The Morgan fingerprint density at radius 2 is 1.80 bits per heavy atom. The van der Waals surface area contributed by atoms with Crippen molar-refractivity contribution in [2.45, 2.75) is 26.0 Å². The van der Waals surface area contributed by atoms with Crippen molar-refractivity contribution in [3.05, 3.63) is 57.6 Å². The van der Waals surface area contributed by atoms with Crippen molar-refractivity contribution in [3.63, 3.8) is 0 Å². The summed E-state index contributed by atoms with van der Waals surface area (Å²) in [5, 5.41) is 4.54. The van der Waals surface area contributed by atoms with Gasteiger partial charge >= 0.3 is 0 Å². The highest BCUT2D eigenvalue weighted by atomic mass is 35.5. The van der Waals surface area contributed by atoms with E-state index in [9.17, 15) is 0 Å². The van der Waals surface area contributed by atoms with Crippen molar-refractivity contribution < 1.29 is 4.74 Å². The zero-order valence-corrected chi connectivity index (χ0v) is 12.8. The number of rotatable bonds is 1. The van der Waals surface area contributed by atoms with E-state index in [0.29, 0.717) is 15.8 Å². The van der Waals surface area contributed by atoms with Gasteiger partial charge in [0.15, 0.2) is 5.75 Å². The van der Waals surface area contributed by atoms with Gasteiger partial charge < -0.3 is 10.1 Å². The van der Waals surface area contributed by atoms with E-state index in [1.54, 1.807) is 6.07 Å². The van der Waals surface area contributed by atoms with Crippen LogP contribution in [-0.2, 0) is 0 Å². The molecule has 0 amide bonds. The van der Waals surface area contributed by atoms with Crippen molar-refractivity contribution >= 4 is 28.9 Å². The molecule has 104 valence electrons. The van der Waals surface area contributed by atoms with Crippen LogP contribution in [0.25, 0.3) is 0 Å². The molecule has 2 nitrogen and oxygen atoms in total. The Balaban J connectivity index is 1.98. The van der Waals surface area contributed by atoms with Gasteiger partial charge in [0.05, 0.1) is 16.8 Å². The van der Waals surface area contributed by atoms with Gasteiger partial charge in [0.1, 0.15) is 6.10 Å². The summed E-state index contributed by atoms with van der Waals surface area (Å²) in [4.78, 5) is 0. The van der Waals surface area contributed by atoms with E-state index in [4.69, 9.17) is 27.9 Å². The van der Waals surface area contributed by atoms with Gasteiger partial charge in [0.2, 0.25) is 0 Å². The molecule has 1 aliphatic rings. The number of hydrogen-bond donors (Lipinski definition) is 1. The molecule has 0 spiro atoms. The van der Waals surface area contributed by atoms with Crippen LogP contribution in [0.4, 0.5) is 5.69 Å². The minimum Gasteiger partial charge on any atom is -0.480 e. The lowest BCUT2D eigenvalue weighted by molar-refractivity contribution is 0.178. The maximum atomic E-state index is 6.22. The zero-order valence-electron chi connectivity index (χ0n) is 11.3. The molecule has 0 aliphatic carbocycles. The SMILES string of the molecule is Cc1ccc(C2Oc3c(Cl)cc(Cl)cc3NC2C)cc1. The summed E-state index contributed by atoms with van der Waals surface area (Å²) >= 11 is 12.2. The van der Waals surface area contributed by atoms with Crippen LogP contribution in [0.15, 0.2) is 36.4 Å². The zero-order chi connectivity index (χ0) is 14.3. The van der Waals surface area contributed by atoms with Gasteiger partial charge in [-0.1, -0.05) is 53.0 Å². The van der Waals surface area contributed by atoms with Crippen LogP contribution in [0.1, 0.15) is 24.2 Å². The van der Waals surface area contributed by atoms with E-state index in [2.05, 4.69) is 43.4 Å². The van der Waals surface area contributed by atoms with Gasteiger partial charge in [-0.15, -0.1) is 0 Å². The molecule has 2 unspecified atom stereocenters. The molecule has 0 fully saturated rings. The maximum Gasteiger partial charge on any atom is 0.162 e. The molecular formula is C16H15Cl2NO. The van der Waals surface area contributed by atoms with Gasteiger partial charge in [0.25, 0.3) is 0 Å². The van der Waals surface area contributed by atoms with Crippen LogP contribution >= 0.6 is 23.2 Å². The molecule has 1 N–H and O–H groups in total. The first-order chi connectivity index (χ1) is 9.54. The van der Waals surface area contributed by atoms with E-state index in [1.807, 2.05) is 6.07 Å². The second-order valence-electron chi connectivity index (χ2n) is 5.15. The first-order valence-electron chi connectivity index (χ1n) is 6.53. The molecule has 0 bridgehead atoms. The van der Waals surface area contributed by atoms with Gasteiger partial charge in [0, 0.05) is 5.02 Å². The highest BCUT2D eigenvalue weighted by Crippen LogP contribution is 2.43. The maximum absolute atomic E-state index is 6.22. The fourth-order valence-corrected chi connectivity index (χ4v) is 2.99. The molecule has 1 heterocycles. The number of ether oxygens (including phenoxy) is 1. The fraction of sp³-hybridized carbons (Fsp3) is 0.250. The summed E-state index contributed by atoms with van der Waals surface area (Å²) < 4.78 is 6.10. The van der Waals surface area contributed by atoms with E-state index >= 15 is 0 Å². The van der Waals surface area contributed by atoms with E-state index in [1.165, 1.54) is 5.56 Å². The number of anilines is 1. The summed E-state index contributed by atoms with van der Waals surface area (Å²) in [7, 11) is 0. The molecule has 4 heteroatoms. The van der Waals surface area contributed by atoms with Gasteiger partial charge in [-0.25, -0.2) is 0 Å². The average Bonchev–Trinajstić information content (AvgIpc) is 2.39. The van der Waals surface area contributed by atoms with Crippen molar-refractivity contribution in [2.75, 3.05) is 5.32 Å². The van der Waals surface area contributed by atoms with Crippen molar-refractivity contribution in [1.82, 2.24) is 0 Å². The summed E-state index contributed by atoms with van der Waals surface area (Å²) in [6, 6.07) is 12.0. The minimum atomic E-state index is -0.0678. The normalized spacial score (nSPS) is 20.8. The largest absolute Gasteiger partial charge is 0.480 e. The van der Waals surface area contributed by atoms with Gasteiger partial charge in [-0.2, -0.15) is 0 Å². The topological polar surface area (TPSA) is 21.3 Å². The van der Waals surface area contributed by atoms with Crippen LogP contribution in [0.3, 0.4) is 0 Å². The number of hydrogen-bond acceptors (Lipinski definition) is 2. The molecule has 1 aliphatic heterocycles. The molecule has 0 saturated carbocycles. The van der Waals surface area contributed by atoms with E-state index < -0.39 is 0 Å². The molecule has 0 saturated heterocycles. The van der Waals surface area contributed by atoms with Gasteiger partial charge in [-0.05, 0) is 31.5 Å². The van der Waals surface area contributed by atoms with Crippen LogP contribution in [0.5, 0.6) is 5.75 Å². The van der Waals surface area contributed by atoms with Gasteiger partial charge in [-0.3, -0.25) is 0 Å². The number of nitrogens with one attached hydrogen (secondary N) is 1. The second kappa shape index (κ2) is 5.19. The van der Waals surface area contributed by atoms with Crippen LogP contribution in [0, 0.1) is 6.92 Å². The van der Waals surface area contributed by atoms with E-state index in [-0.39, 0.29) is 12.1 Å². The Morgan fingerprint density at radius 3 is 2.50 bits per heavy atom. The molecule has 3 rings (SSSR count). The number of halogens is 2. The van der Waals surface area contributed by atoms with Crippen molar-refractivity contribution in [2.24, 2.45) is 0 Å². The Kier molecular flexibility index (Phi) is 3.53. The Labute approximate surface area is 128 Å².